The Morgan fingerprint density at radius 3 is 2.32 bits per heavy atom. The Morgan fingerprint density at radius 2 is 1.72 bits per heavy atom. The van der Waals surface area contributed by atoms with E-state index in [1.807, 2.05) is 12.1 Å². The second kappa shape index (κ2) is 8.72. The smallest absolute Gasteiger partial charge is 0.339 e. The van der Waals surface area contributed by atoms with E-state index in [1.165, 1.54) is 29.3 Å². The molecule has 0 N–H and O–H groups in total. The molecule has 0 saturated heterocycles. The minimum atomic E-state index is -0.452. The van der Waals surface area contributed by atoms with Gasteiger partial charge in [0, 0.05) is 11.9 Å². The number of anilines is 1. The van der Waals surface area contributed by atoms with Gasteiger partial charge in [-0.3, -0.25) is 4.79 Å². The summed E-state index contributed by atoms with van der Waals surface area (Å²) in [7, 11) is 3.00. The molecule has 0 aliphatic heterocycles. The van der Waals surface area contributed by atoms with Crippen molar-refractivity contribution in [3.63, 3.8) is 0 Å². The maximum absolute atomic E-state index is 12.5. The zero-order valence-electron chi connectivity index (χ0n) is 15.0. The van der Waals surface area contributed by atoms with Crippen LogP contribution in [0, 0.1) is 0 Å². The molecule has 4 nitrogen and oxygen atoms in total. The van der Waals surface area contributed by atoms with Gasteiger partial charge in [-0.25, -0.2) is 4.79 Å². The molecule has 0 aliphatic carbocycles. The van der Waals surface area contributed by atoms with Crippen molar-refractivity contribution in [1.29, 1.82) is 0 Å². The predicted octanol–water partition coefficient (Wildman–Crippen LogP) is 4.35. The third-order valence-electron chi connectivity index (χ3n) is 3.95. The molecule has 1 amide bonds. The summed E-state index contributed by atoms with van der Waals surface area (Å²) in [5, 5.41) is 0. The van der Waals surface area contributed by atoms with Gasteiger partial charge in [-0.2, -0.15) is 0 Å². The van der Waals surface area contributed by atoms with Crippen LogP contribution in [0.4, 0.5) is 5.69 Å². The summed E-state index contributed by atoms with van der Waals surface area (Å²) in [4.78, 5) is 26.9. The van der Waals surface area contributed by atoms with E-state index in [2.05, 4.69) is 26.0 Å². The van der Waals surface area contributed by atoms with Crippen LogP contribution in [-0.4, -0.2) is 31.8 Å². The highest BCUT2D eigenvalue weighted by Gasteiger charge is 2.18. The molecular formula is C20H23NO3S. The van der Waals surface area contributed by atoms with E-state index in [9.17, 15) is 9.59 Å². The lowest BCUT2D eigenvalue weighted by molar-refractivity contribution is -0.115. The van der Waals surface area contributed by atoms with Crippen molar-refractivity contribution >= 4 is 29.3 Å². The Hall–Kier alpha value is -2.27. The zero-order valence-corrected chi connectivity index (χ0v) is 15.8. The van der Waals surface area contributed by atoms with Gasteiger partial charge in [0.2, 0.25) is 5.91 Å². The number of nitrogens with zero attached hydrogens (tertiary/aromatic N) is 1. The van der Waals surface area contributed by atoms with Gasteiger partial charge < -0.3 is 9.64 Å². The lowest BCUT2D eigenvalue weighted by Crippen LogP contribution is -2.29. The number of benzene rings is 2. The summed E-state index contributed by atoms with van der Waals surface area (Å²) in [6.07, 6.45) is 0. The van der Waals surface area contributed by atoms with E-state index in [-0.39, 0.29) is 5.91 Å². The monoisotopic (exact) mass is 357 g/mol. The minimum Gasteiger partial charge on any atom is -0.465 e. The number of esters is 1. The Kier molecular flexibility index (Phi) is 6.65. The first-order valence-electron chi connectivity index (χ1n) is 8.10. The minimum absolute atomic E-state index is 0.0747. The van der Waals surface area contributed by atoms with Gasteiger partial charge in [-0.05, 0) is 35.7 Å². The van der Waals surface area contributed by atoms with Crippen molar-refractivity contribution in [1.82, 2.24) is 0 Å². The molecule has 2 rings (SSSR count). The highest BCUT2D eigenvalue weighted by Crippen LogP contribution is 2.24. The van der Waals surface area contributed by atoms with Crippen molar-refractivity contribution in [3.8, 4) is 0 Å². The Labute approximate surface area is 153 Å². The fourth-order valence-electron chi connectivity index (χ4n) is 2.37. The molecule has 2 aromatic rings. The molecule has 0 unspecified atom stereocenters. The standard InChI is InChI=1S/C20H23NO3S/c1-14(2)15-9-11-16(12-10-15)25-13-19(22)21(3)18-8-6-5-7-17(18)20(23)24-4/h5-12,14H,13H2,1-4H3. The fourth-order valence-corrected chi connectivity index (χ4v) is 3.19. The number of para-hydroxylation sites is 1. The first kappa shape index (κ1) is 19.1. The van der Waals surface area contributed by atoms with Crippen molar-refractivity contribution in [2.24, 2.45) is 0 Å². The van der Waals surface area contributed by atoms with Crippen LogP contribution in [0.3, 0.4) is 0 Å². The summed E-state index contributed by atoms with van der Waals surface area (Å²) in [5.74, 6) is 0.260. The number of carbonyl (C=O) groups is 2. The first-order valence-corrected chi connectivity index (χ1v) is 9.09. The van der Waals surface area contributed by atoms with Crippen LogP contribution in [0.5, 0.6) is 0 Å². The van der Waals surface area contributed by atoms with Gasteiger partial charge >= 0.3 is 5.97 Å². The number of rotatable bonds is 6. The summed E-state index contributed by atoms with van der Waals surface area (Å²) in [5.41, 5.74) is 2.21. The van der Waals surface area contributed by atoms with Gasteiger partial charge in [-0.1, -0.05) is 38.1 Å². The number of hydrogen-bond acceptors (Lipinski definition) is 4. The summed E-state index contributed by atoms with van der Waals surface area (Å²) >= 11 is 1.48. The first-order chi connectivity index (χ1) is 11.9. The zero-order chi connectivity index (χ0) is 18.4. The number of thioether (sulfide) groups is 1. The summed E-state index contributed by atoms with van der Waals surface area (Å²) in [6, 6.07) is 15.2. The van der Waals surface area contributed by atoms with Gasteiger partial charge in [0.1, 0.15) is 0 Å². The van der Waals surface area contributed by atoms with Gasteiger partial charge in [-0.15, -0.1) is 11.8 Å². The Balaban J connectivity index is 2.05. The average Bonchev–Trinajstić information content (AvgIpc) is 2.65. The van der Waals surface area contributed by atoms with E-state index in [0.29, 0.717) is 22.9 Å². The maximum atomic E-state index is 12.5. The third-order valence-corrected chi connectivity index (χ3v) is 4.95. The second-order valence-electron chi connectivity index (χ2n) is 5.97. The molecule has 0 bridgehead atoms. The maximum Gasteiger partial charge on any atom is 0.339 e. The van der Waals surface area contributed by atoms with Gasteiger partial charge in [0.25, 0.3) is 0 Å². The Morgan fingerprint density at radius 1 is 1.08 bits per heavy atom. The van der Waals surface area contributed by atoms with Crippen molar-refractivity contribution in [2.45, 2.75) is 24.7 Å². The number of amides is 1. The third kappa shape index (κ3) is 4.86. The topological polar surface area (TPSA) is 46.6 Å². The van der Waals surface area contributed by atoms with E-state index in [1.54, 1.807) is 31.3 Å². The summed E-state index contributed by atoms with van der Waals surface area (Å²) < 4.78 is 4.78. The van der Waals surface area contributed by atoms with Crippen molar-refractivity contribution in [3.05, 3.63) is 59.7 Å². The van der Waals surface area contributed by atoms with Gasteiger partial charge in [0.15, 0.2) is 0 Å². The van der Waals surface area contributed by atoms with Crippen LogP contribution in [0.15, 0.2) is 53.4 Å². The molecule has 0 spiro atoms. The van der Waals surface area contributed by atoms with E-state index in [0.717, 1.165) is 4.90 Å². The molecule has 0 fully saturated rings. The van der Waals surface area contributed by atoms with E-state index < -0.39 is 5.97 Å². The van der Waals surface area contributed by atoms with Gasteiger partial charge in [0.05, 0.1) is 24.1 Å². The van der Waals surface area contributed by atoms with Crippen LogP contribution in [0.1, 0.15) is 35.7 Å². The number of carbonyl (C=O) groups excluding carboxylic acids is 2. The fraction of sp³-hybridized carbons (Fsp3) is 0.300. The molecule has 2 aromatic carbocycles. The van der Waals surface area contributed by atoms with E-state index >= 15 is 0 Å². The molecule has 25 heavy (non-hydrogen) atoms. The molecule has 0 aliphatic rings. The molecular weight excluding hydrogens is 334 g/mol. The molecule has 0 radical (unpaired) electrons. The van der Waals surface area contributed by atoms with Crippen LogP contribution < -0.4 is 4.90 Å². The van der Waals surface area contributed by atoms with Crippen LogP contribution >= 0.6 is 11.8 Å². The number of hydrogen-bond donors (Lipinski definition) is 0. The highest BCUT2D eigenvalue weighted by atomic mass is 32.2. The number of ether oxygens (including phenoxy) is 1. The molecule has 0 saturated carbocycles. The lowest BCUT2D eigenvalue weighted by atomic mass is 10.0. The summed E-state index contributed by atoms with van der Waals surface area (Å²) in [6.45, 7) is 4.30. The normalized spacial score (nSPS) is 10.6. The molecule has 132 valence electrons. The highest BCUT2D eigenvalue weighted by molar-refractivity contribution is 8.00. The van der Waals surface area contributed by atoms with E-state index in [4.69, 9.17) is 4.74 Å². The largest absolute Gasteiger partial charge is 0.465 e. The predicted molar refractivity (Wildman–Crippen MR) is 102 cm³/mol. The number of methoxy groups -OCH3 is 1. The second-order valence-corrected chi connectivity index (χ2v) is 7.02. The average molecular weight is 357 g/mol. The molecule has 0 heterocycles. The molecule has 5 heteroatoms. The molecule has 0 aromatic heterocycles. The quantitative estimate of drug-likeness (QED) is 0.569. The van der Waals surface area contributed by atoms with Crippen LogP contribution in [-0.2, 0) is 9.53 Å². The van der Waals surface area contributed by atoms with Crippen molar-refractivity contribution < 1.29 is 14.3 Å². The SMILES string of the molecule is COC(=O)c1ccccc1N(C)C(=O)CSc1ccc(C(C)C)cc1. The van der Waals surface area contributed by atoms with Crippen LogP contribution in [0.25, 0.3) is 0 Å². The van der Waals surface area contributed by atoms with Crippen LogP contribution in [0.2, 0.25) is 0 Å². The van der Waals surface area contributed by atoms with Crippen molar-refractivity contribution in [2.75, 3.05) is 24.8 Å². The lowest BCUT2D eigenvalue weighted by Gasteiger charge is -2.19. The Bertz CT molecular complexity index is 741. The molecule has 0 atom stereocenters.